The fraction of sp³-hybridized carbons (Fsp3) is 0.444. The number of hydrogen-bond donors (Lipinski definition) is 1. The Morgan fingerprint density at radius 1 is 1.43 bits per heavy atom. The molecule has 1 unspecified atom stereocenters. The van der Waals surface area contributed by atoms with E-state index in [4.69, 9.17) is 0 Å². The summed E-state index contributed by atoms with van der Waals surface area (Å²) in [7, 11) is 1.88. The first-order valence-corrected chi connectivity index (χ1v) is 8.25. The molecule has 2 aromatic rings. The number of urea groups is 1. The van der Waals surface area contributed by atoms with Crippen LogP contribution in [0, 0.1) is 5.92 Å². The molecule has 5 nitrogen and oxygen atoms in total. The molecular formula is C18H24N4O. The number of carbonyl (C=O) groups excluding carboxylic acids is 1. The zero-order valence-electron chi connectivity index (χ0n) is 13.8. The highest BCUT2D eigenvalue weighted by molar-refractivity contribution is 5.74. The second kappa shape index (κ2) is 6.86. The van der Waals surface area contributed by atoms with Crippen LogP contribution in [0.15, 0.2) is 42.7 Å². The third-order valence-electron chi connectivity index (χ3n) is 4.58. The van der Waals surface area contributed by atoms with Crippen LogP contribution in [0.3, 0.4) is 0 Å². The summed E-state index contributed by atoms with van der Waals surface area (Å²) in [6.45, 7) is 2.86. The zero-order chi connectivity index (χ0) is 16.2. The molecule has 0 aliphatic heterocycles. The predicted octanol–water partition coefficient (Wildman–Crippen LogP) is 3.37. The Hall–Kier alpha value is -2.30. The third-order valence-corrected chi connectivity index (χ3v) is 4.58. The Balaban J connectivity index is 1.62. The molecule has 1 heterocycles. The average Bonchev–Trinajstić information content (AvgIpc) is 3.05. The third kappa shape index (κ3) is 3.73. The predicted molar refractivity (Wildman–Crippen MR) is 90.5 cm³/mol. The van der Waals surface area contributed by atoms with Crippen molar-refractivity contribution < 1.29 is 4.79 Å². The van der Waals surface area contributed by atoms with Gasteiger partial charge in [0.05, 0.1) is 11.7 Å². The van der Waals surface area contributed by atoms with Crippen molar-refractivity contribution in [3.05, 3.63) is 48.3 Å². The molecule has 1 aliphatic carbocycles. The van der Waals surface area contributed by atoms with E-state index >= 15 is 0 Å². The van der Waals surface area contributed by atoms with Crippen molar-refractivity contribution in [3.63, 3.8) is 0 Å². The molecule has 122 valence electrons. The lowest BCUT2D eigenvalue weighted by atomic mass is 9.85. The highest BCUT2D eigenvalue weighted by atomic mass is 16.2. The van der Waals surface area contributed by atoms with Crippen LogP contribution in [0.2, 0.25) is 0 Å². The Kier molecular flexibility index (Phi) is 4.65. The lowest BCUT2D eigenvalue weighted by Gasteiger charge is -2.31. The molecule has 2 amide bonds. The van der Waals surface area contributed by atoms with E-state index in [9.17, 15) is 4.79 Å². The summed E-state index contributed by atoms with van der Waals surface area (Å²) in [4.78, 5) is 14.1. The van der Waals surface area contributed by atoms with E-state index in [0.717, 1.165) is 17.8 Å². The van der Waals surface area contributed by atoms with Gasteiger partial charge in [0.1, 0.15) is 0 Å². The molecule has 1 saturated carbocycles. The van der Waals surface area contributed by atoms with Gasteiger partial charge in [-0.1, -0.05) is 18.6 Å². The van der Waals surface area contributed by atoms with Crippen LogP contribution >= 0.6 is 0 Å². The molecule has 23 heavy (non-hydrogen) atoms. The molecule has 1 aliphatic rings. The van der Waals surface area contributed by atoms with Gasteiger partial charge in [0.15, 0.2) is 0 Å². The van der Waals surface area contributed by atoms with Gasteiger partial charge in [-0.2, -0.15) is 5.10 Å². The molecule has 1 fully saturated rings. The van der Waals surface area contributed by atoms with Crippen LogP contribution in [0.5, 0.6) is 0 Å². The molecule has 0 saturated heterocycles. The van der Waals surface area contributed by atoms with Crippen molar-refractivity contribution in [2.45, 2.75) is 32.2 Å². The van der Waals surface area contributed by atoms with Gasteiger partial charge >= 0.3 is 6.03 Å². The smallest absolute Gasteiger partial charge is 0.317 e. The summed E-state index contributed by atoms with van der Waals surface area (Å²) >= 11 is 0. The average molecular weight is 312 g/mol. The summed E-state index contributed by atoms with van der Waals surface area (Å²) in [5.41, 5.74) is 2.07. The zero-order valence-corrected chi connectivity index (χ0v) is 13.8. The van der Waals surface area contributed by atoms with E-state index < -0.39 is 0 Å². The molecule has 0 radical (unpaired) electrons. The van der Waals surface area contributed by atoms with Gasteiger partial charge < -0.3 is 10.2 Å². The number of nitrogens with one attached hydrogen (secondary N) is 1. The number of carbonyl (C=O) groups is 1. The Bertz CT molecular complexity index is 649. The summed E-state index contributed by atoms with van der Waals surface area (Å²) in [5, 5.41) is 7.32. The first-order valence-electron chi connectivity index (χ1n) is 8.25. The summed E-state index contributed by atoms with van der Waals surface area (Å²) in [5.74, 6) is 0.684. The standard InChI is InChI=1S/C18H24N4O/c1-14(20-18(23)21(2)13-15-6-3-7-15)16-8-4-9-17(12-16)22-11-5-10-19-22/h4-5,8-12,14-15H,3,6-7,13H2,1-2H3,(H,20,23). The van der Waals surface area contributed by atoms with Gasteiger partial charge in [0.25, 0.3) is 0 Å². The second-order valence-corrected chi connectivity index (χ2v) is 6.39. The van der Waals surface area contributed by atoms with Crippen molar-refractivity contribution in [3.8, 4) is 5.69 Å². The number of benzene rings is 1. The van der Waals surface area contributed by atoms with Crippen LogP contribution in [0.25, 0.3) is 5.69 Å². The van der Waals surface area contributed by atoms with E-state index in [1.165, 1.54) is 19.3 Å². The van der Waals surface area contributed by atoms with Crippen molar-refractivity contribution in [1.82, 2.24) is 20.0 Å². The highest BCUT2D eigenvalue weighted by Gasteiger charge is 2.22. The topological polar surface area (TPSA) is 50.2 Å². The van der Waals surface area contributed by atoms with Gasteiger partial charge in [0, 0.05) is 26.0 Å². The monoisotopic (exact) mass is 312 g/mol. The molecular weight excluding hydrogens is 288 g/mol. The highest BCUT2D eigenvalue weighted by Crippen LogP contribution is 2.26. The van der Waals surface area contributed by atoms with Crippen molar-refractivity contribution >= 4 is 6.03 Å². The van der Waals surface area contributed by atoms with Crippen LogP contribution < -0.4 is 5.32 Å². The Morgan fingerprint density at radius 3 is 2.91 bits per heavy atom. The fourth-order valence-corrected chi connectivity index (χ4v) is 2.88. The van der Waals surface area contributed by atoms with E-state index in [1.54, 1.807) is 11.1 Å². The van der Waals surface area contributed by atoms with Gasteiger partial charge in [-0.3, -0.25) is 0 Å². The van der Waals surface area contributed by atoms with Gasteiger partial charge in [-0.25, -0.2) is 9.48 Å². The fourth-order valence-electron chi connectivity index (χ4n) is 2.88. The van der Waals surface area contributed by atoms with Gasteiger partial charge in [-0.15, -0.1) is 0 Å². The number of hydrogen-bond acceptors (Lipinski definition) is 2. The maximum absolute atomic E-state index is 12.3. The summed E-state index contributed by atoms with van der Waals surface area (Å²) < 4.78 is 1.82. The Morgan fingerprint density at radius 2 is 2.26 bits per heavy atom. The van der Waals surface area contributed by atoms with E-state index in [2.05, 4.69) is 16.5 Å². The van der Waals surface area contributed by atoms with Crippen LogP contribution in [0.1, 0.15) is 37.8 Å². The van der Waals surface area contributed by atoms with Crippen LogP contribution in [-0.4, -0.2) is 34.3 Å². The normalized spacial score (nSPS) is 15.7. The van der Waals surface area contributed by atoms with Crippen molar-refractivity contribution in [2.75, 3.05) is 13.6 Å². The lowest BCUT2D eigenvalue weighted by Crippen LogP contribution is -2.42. The summed E-state index contributed by atoms with van der Waals surface area (Å²) in [6, 6.07) is 9.94. The number of nitrogens with zero attached hydrogens (tertiary/aromatic N) is 3. The van der Waals surface area contributed by atoms with E-state index in [0.29, 0.717) is 5.92 Å². The van der Waals surface area contributed by atoms with Crippen LogP contribution in [-0.2, 0) is 0 Å². The maximum Gasteiger partial charge on any atom is 0.317 e. The molecule has 0 bridgehead atoms. The summed E-state index contributed by atoms with van der Waals surface area (Å²) in [6.07, 6.45) is 7.47. The number of rotatable bonds is 5. The second-order valence-electron chi connectivity index (χ2n) is 6.39. The van der Waals surface area contributed by atoms with E-state index in [-0.39, 0.29) is 12.1 Å². The molecule has 0 spiro atoms. The molecule has 3 rings (SSSR count). The quantitative estimate of drug-likeness (QED) is 0.920. The number of aromatic nitrogens is 2. The Labute approximate surface area is 137 Å². The molecule has 5 heteroatoms. The van der Waals surface area contributed by atoms with Crippen molar-refractivity contribution in [1.29, 1.82) is 0 Å². The van der Waals surface area contributed by atoms with Gasteiger partial charge in [-0.05, 0) is 49.4 Å². The van der Waals surface area contributed by atoms with Crippen LogP contribution in [0.4, 0.5) is 4.79 Å². The minimum Gasteiger partial charge on any atom is -0.331 e. The van der Waals surface area contributed by atoms with Crippen molar-refractivity contribution in [2.24, 2.45) is 5.92 Å². The molecule has 1 aromatic carbocycles. The first kappa shape index (κ1) is 15.6. The largest absolute Gasteiger partial charge is 0.331 e. The first-order chi connectivity index (χ1) is 11.1. The number of amides is 2. The molecule has 1 aromatic heterocycles. The lowest BCUT2D eigenvalue weighted by molar-refractivity contribution is 0.180. The SMILES string of the molecule is CC(NC(=O)N(C)CC1CCC1)c1cccc(-n2cccn2)c1. The molecule has 1 atom stereocenters. The minimum atomic E-state index is -0.0400. The van der Waals surface area contributed by atoms with E-state index in [1.807, 2.05) is 49.1 Å². The molecule has 1 N–H and O–H groups in total. The van der Waals surface area contributed by atoms with Gasteiger partial charge in [0.2, 0.25) is 0 Å². The maximum atomic E-state index is 12.3. The minimum absolute atomic E-state index is 0.00566.